The molecule has 0 unspecified atom stereocenters. The maximum Gasteiger partial charge on any atom is 0.573 e. The van der Waals surface area contributed by atoms with Crippen LogP contribution in [0.15, 0.2) is 33.3 Å². The van der Waals surface area contributed by atoms with Crippen LogP contribution in [-0.4, -0.2) is 38.4 Å². The lowest BCUT2D eigenvalue weighted by molar-refractivity contribution is -0.274. The first-order valence-electron chi connectivity index (χ1n) is 10.3. The maximum absolute atomic E-state index is 12.4. The monoisotopic (exact) mass is 479 g/mol. The molecule has 0 radical (unpaired) electrons. The highest BCUT2D eigenvalue weighted by atomic mass is 19.4. The van der Waals surface area contributed by atoms with Crippen molar-refractivity contribution in [2.75, 3.05) is 0 Å². The number of aryl methyl sites for hydroxylation is 2. The summed E-state index contributed by atoms with van der Waals surface area (Å²) in [5.74, 6) is -0.0551. The van der Waals surface area contributed by atoms with E-state index in [0.29, 0.717) is 29.0 Å². The molecule has 1 atom stereocenters. The number of amides is 2. The van der Waals surface area contributed by atoms with Crippen LogP contribution in [0.5, 0.6) is 5.75 Å². The highest BCUT2D eigenvalue weighted by molar-refractivity contribution is 5.95. The Balaban J connectivity index is 1.40. The second-order valence-electron chi connectivity index (χ2n) is 7.70. The Morgan fingerprint density at radius 3 is 2.59 bits per heavy atom. The summed E-state index contributed by atoms with van der Waals surface area (Å²) in [6.07, 6.45) is -4.07. The molecule has 10 nitrogen and oxygen atoms in total. The molecule has 0 saturated carbocycles. The highest BCUT2D eigenvalue weighted by Gasteiger charge is 2.36. The van der Waals surface area contributed by atoms with E-state index in [0.717, 1.165) is 0 Å². The van der Waals surface area contributed by atoms with E-state index in [1.54, 1.807) is 13.8 Å². The zero-order valence-electron chi connectivity index (χ0n) is 18.2. The lowest BCUT2D eigenvalue weighted by Gasteiger charge is -2.22. The van der Waals surface area contributed by atoms with Crippen molar-refractivity contribution in [3.63, 3.8) is 0 Å². The molecule has 4 rings (SSSR count). The first-order valence-corrected chi connectivity index (χ1v) is 10.3. The summed E-state index contributed by atoms with van der Waals surface area (Å²) in [4.78, 5) is 30.6. The van der Waals surface area contributed by atoms with E-state index >= 15 is 0 Å². The topological polar surface area (TPSA) is 124 Å². The quantitative estimate of drug-likeness (QED) is 0.547. The average Bonchev–Trinajstić information content (AvgIpc) is 3.46. The molecule has 2 amide bonds. The second kappa shape index (κ2) is 9.15. The minimum atomic E-state index is -4.78. The third-order valence-electron chi connectivity index (χ3n) is 5.27. The molecule has 1 aromatic carbocycles. The first-order chi connectivity index (χ1) is 16.1. The molecule has 34 heavy (non-hydrogen) atoms. The molecule has 1 aliphatic rings. The van der Waals surface area contributed by atoms with Gasteiger partial charge in [-0.3, -0.25) is 9.59 Å². The van der Waals surface area contributed by atoms with Crippen LogP contribution < -0.4 is 10.1 Å². The van der Waals surface area contributed by atoms with Crippen molar-refractivity contribution in [3.8, 4) is 5.75 Å². The molecular formula is C21H20F3N5O5. The van der Waals surface area contributed by atoms with E-state index in [4.69, 9.17) is 9.05 Å². The molecule has 13 heteroatoms. The Kier molecular flexibility index (Phi) is 6.26. The number of hydrogen-bond acceptors (Lipinski definition) is 8. The van der Waals surface area contributed by atoms with E-state index in [1.165, 1.54) is 29.2 Å². The van der Waals surface area contributed by atoms with Crippen LogP contribution in [0.4, 0.5) is 13.2 Å². The normalized spacial score (nSPS) is 16.2. The lowest BCUT2D eigenvalue weighted by Crippen LogP contribution is -2.27. The molecule has 3 heterocycles. The number of rotatable bonds is 7. The number of likely N-dealkylation sites (tertiary alicyclic amines) is 1. The Bertz CT molecular complexity index is 1170. The van der Waals surface area contributed by atoms with E-state index in [-0.39, 0.29) is 42.9 Å². The first kappa shape index (κ1) is 23.3. The molecule has 1 fully saturated rings. The predicted molar refractivity (Wildman–Crippen MR) is 107 cm³/mol. The van der Waals surface area contributed by atoms with Crippen molar-refractivity contribution in [1.29, 1.82) is 0 Å². The summed E-state index contributed by atoms with van der Waals surface area (Å²) < 4.78 is 51.2. The number of nitrogens with one attached hydrogen (secondary N) is 1. The number of carbonyl (C=O) groups is 2. The molecule has 3 aromatic rings. The summed E-state index contributed by atoms with van der Waals surface area (Å²) in [6.45, 7) is 3.43. The SMILES string of the molecule is Cc1noc(C)c1C(=O)NCc1noc([C@@H]2CCC(=O)N2Cc2ccc(OC(F)(F)F)cc2)n1. The average molecular weight is 479 g/mol. The van der Waals surface area contributed by atoms with Gasteiger partial charge < -0.3 is 24.0 Å². The van der Waals surface area contributed by atoms with Gasteiger partial charge in [0.2, 0.25) is 11.8 Å². The van der Waals surface area contributed by atoms with Crippen LogP contribution in [-0.2, 0) is 17.9 Å². The fraction of sp³-hybridized carbons (Fsp3) is 0.381. The summed E-state index contributed by atoms with van der Waals surface area (Å²) in [5, 5.41) is 10.3. The third-order valence-corrected chi connectivity index (χ3v) is 5.27. The minimum Gasteiger partial charge on any atom is -0.406 e. The van der Waals surface area contributed by atoms with Crippen molar-refractivity contribution in [3.05, 3.63) is 58.6 Å². The van der Waals surface area contributed by atoms with Crippen LogP contribution in [0.3, 0.4) is 0 Å². The molecule has 0 aliphatic carbocycles. The van der Waals surface area contributed by atoms with Gasteiger partial charge in [-0.15, -0.1) is 13.2 Å². The van der Waals surface area contributed by atoms with E-state index in [1.807, 2.05) is 0 Å². The largest absolute Gasteiger partial charge is 0.573 e. The van der Waals surface area contributed by atoms with Crippen LogP contribution in [0, 0.1) is 13.8 Å². The molecule has 2 aromatic heterocycles. The van der Waals surface area contributed by atoms with Gasteiger partial charge in [0.15, 0.2) is 5.82 Å². The molecule has 1 N–H and O–H groups in total. The minimum absolute atomic E-state index is 0.00622. The summed E-state index contributed by atoms with van der Waals surface area (Å²) in [5.41, 5.74) is 1.41. The molecule has 1 aliphatic heterocycles. The number of carbonyl (C=O) groups excluding carboxylic acids is 2. The van der Waals surface area contributed by atoms with Crippen molar-refractivity contribution in [1.82, 2.24) is 25.5 Å². The van der Waals surface area contributed by atoms with Crippen LogP contribution >= 0.6 is 0 Å². The van der Waals surface area contributed by atoms with Crippen molar-refractivity contribution < 1.29 is 36.5 Å². The van der Waals surface area contributed by atoms with E-state index < -0.39 is 18.3 Å². The lowest BCUT2D eigenvalue weighted by atomic mass is 10.1. The van der Waals surface area contributed by atoms with Gasteiger partial charge in [-0.05, 0) is 38.0 Å². The number of nitrogens with zero attached hydrogens (tertiary/aromatic N) is 4. The smallest absolute Gasteiger partial charge is 0.406 e. The predicted octanol–water partition coefficient (Wildman–Crippen LogP) is 3.37. The zero-order valence-corrected chi connectivity index (χ0v) is 18.2. The Morgan fingerprint density at radius 2 is 1.94 bits per heavy atom. The number of halogens is 3. The Labute approximate surface area is 191 Å². The second-order valence-corrected chi connectivity index (χ2v) is 7.70. The molecular weight excluding hydrogens is 459 g/mol. The van der Waals surface area contributed by atoms with Gasteiger partial charge in [0.1, 0.15) is 23.1 Å². The van der Waals surface area contributed by atoms with Gasteiger partial charge in [-0.2, -0.15) is 4.98 Å². The van der Waals surface area contributed by atoms with Gasteiger partial charge >= 0.3 is 6.36 Å². The van der Waals surface area contributed by atoms with Gasteiger partial charge in [0.05, 0.1) is 12.2 Å². The molecule has 0 bridgehead atoms. The number of aromatic nitrogens is 3. The number of hydrogen-bond donors (Lipinski definition) is 1. The Hall–Kier alpha value is -3.90. The fourth-order valence-corrected chi connectivity index (χ4v) is 3.71. The maximum atomic E-state index is 12.4. The number of alkyl halides is 3. The molecule has 180 valence electrons. The van der Waals surface area contributed by atoms with Crippen LogP contribution in [0.1, 0.15) is 58.0 Å². The summed E-state index contributed by atoms with van der Waals surface area (Å²) in [6, 6.07) is 4.79. The number of benzene rings is 1. The molecule has 0 spiro atoms. The number of ether oxygens (including phenoxy) is 1. The van der Waals surface area contributed by atoms with Crippen LogP contribution in [0.2, 0.25) is 0 Å². The highest BCUT2D eigenvalue weighted by Crippen LogP contribution is 2.33. The standard InChI is InChI=1S/C21H20F3N5O5/c1-11-18(12(2)33-27-11)19(31)25-9-16-26-20(34-28-16)15-7-8-17(30)29(15)10-13-3-5-14(6-4-13)32-21(22,23)24/h3-6,15H,7-10H2,1-2H3,(H,25,31)/t15-/m0/s1. The van der Waals surface area contributed by atoms with Gasteiger partial charge in [0.25, 0.3) is 5.91 Å². The van der Waals surface area contributed by atoms with Crippen molar-refractivity contribution in [2.45, 2.75) is 52.2 Å². The van der Waals surface area contributed by atoms with E-state index in [2.05, 4.69) is 25.4 Å². The van der Waals surface area contributed by atoms with Gasteiger partial charge in [-0.25, -0.2) is 0 Å². The molecule has 1 saturated heterocycles. The van der Waals surface area contributed by atoms with Crippen molar-refractivity contribution in [2.24, 2.45) is 0 Å². The van der Waals surface area contributed by atoms with E-state index in [9.17, 15) is 22.8 Å². The zero-order chi connectivity index (χ0) is 24.5. The Morgan fingerprint density at radius 1 is 1.21 bits per heavy atom. The summed E-state index contributed by atoms with van der Waals surface area (Å²) >= 11 is 0. The van der Waals surface area contributed by atoms with Gasteiger partial charge in [-0.1, -0.05) is 22.4 Å². The van der Waals surface area contributed by atoms with Crippen LogP contribution in [0.25, 0.3) is 0 Å². The fourth-order valence-electron chi connectivity index (χ4n) is 3.71. The summed E-state index contributed by atoms with van der Waals surface area (Å²) in [7, 11) is 0. The van der Waals surface area contributed by atoms with Crippen molar-refractivity contribution >= 4 is 11.8 Å². The third kappa shape index (κ3) is 5.18. The van der Waals surface area contributed by atoms with Gasteiger partial charge in [0, 0.05) is 13.0 Å².